The maximum absolute atomic E-state index is 8.58. The Morgan fingerprint density at radius 2 is 2.18 bits per heavy atom. The molecule has 0 aromatic carbocycles. The molecule has 0 bridgehead atoms. The summed E-state index contributed by atoms with van der Waals surface area (Å²) in [6, 6.07) is 1.78. The van der Waals surface area contributed by atoms with Crippen molar-refractivity contribution in [2.45, 2.75) is 20.0 Å². The molecule has 92 valence electrons. The zero-order valence-corrected chi connectivity index (χ0v) is 10.1. The number of ether oxygens (including phenoxy) is 2. The fourth-order valence-electron chi connectivity index (χ4n) is 1.15. The van der Waals surface area contributed by atoms with E-state index in [4.69, 9.17) is 14.6 Å². The summed E-state index contributed by atoms with van der Waals surface area (Å²) in [4.78, 5) is 4.00. The molecule has 0 aliphatic heterocycles. The van der Waals surface area contributed by atoms with Crippen LogP contribution >= 0.6 is 0 Å². The first-order chi connectivity index (χ1) is 8.22. The van der Waals surface area contributed by atoms with Gasteiger partial charge < -0.3 is 14.6 Å². The van der Waals surface area contributed by atoms with E-state index in [0.717, 1.165) is 5.56 Å². The van der Waals surface area contributed by atoms with Crippen molar-refractivity contribution in [3.63, 3.8) is 0 Å². The summed E-state index contributed by atoms with van der Waals surface area (Å²) >= 11 is 0. The van der Waals surface area contributed by atoms with Gasteiger partial charge in [0.25, 0.3) is 0 Å². The van der Waals surface area contributed by atoms with Crippen molar-refractivity contribution in [3.05, 3.63) is 24.0 Å². The Morgan fingerprint density at radius 3 is 2.88 bits per heavy atom. The number of rotatable bonds is 5. The normalized spacial score (nSPS) is 9.88. The summed E-state index contributed by atoms with van der Waals surface area (Å²) in [5.41, 5.74) is 0.723. The molecule has 0 saturated carbocycles. The fraction of sp³-hybridized carbons (Fsp3) is 0.462. The lowest BCUT2D eigenvalue weighted by molar-refractivity contribution is 0.0552. The smallest absolute Gasteiger partial charge is 0.138 e. The van der Waals surface area contributed by atoms with Gasteiger partial charge in [0.2, 0.25) is 0 Å². The molecule has 4 nitrogen and oxygen atoms in total. The number of aliphatic hydroxyl groups excluding tert-OH is 1. The molecule has 0 saturated heterocycles. The lowest BCUT2D eigenvalue weighted by atomic mass is 10.3. The molecule has 0 fully saturated rings. The predicted octanol–water partition coefficient (Wildman–Crippen LogP) is 1.23. The first-order valence-corrected chi connectivity index (χ1v) is 5.51. The van der Waals surface area contributed by atoms with Crippen LogP contribution < -0.4 is 4.74 Å². The average molecular weight is 235 g/mol. The zero-order chi connectivity index (χ0) is 12.5. The highest BCUT2D eigenvalue weighted by Gasteiger charge is 1.97. The van der Waals surface area contributed by atoms with Crippen LogP contribution in [-0.2, 0) is 4.74 Å². The molecule has 17 heavy (non-hydrogen) atoms. The highest BCUT2D eigenvalue weighted by molar-refractivity contribution is 5.36. The average Bonchev–Trinajstić information content (AvgIpc) is 2.32. The quantitative estimate of drug-likeness (QED) is 0.616. The predicted molar refractivity (Wildman–Crippen MR) is 64.8 cm³/mol. The van der Waals surface area contributed by atoms with E-state index in [1.807, 2.05) is 13.8 Å². The lowest BCUT2D eigenvalue weighted by Gasteiger charge is -2.08. The molecule has 4 heteroatoms. The third-order valence-electron chi connectivity index (χ3n) is 1.83. The molecule has 0 atom stereocenters. The maximum Gasteiger partial charge on any atom is 0.138 e. The number of hydrogen-bond donors (Lipinski definition) is 1. The van der Waals surface area contributed by atoms with Gasteiger partial charge in [0.15, 0.2) is 0 Å². The second kappa shape index (κ2) is 7.66. The van der Waals surface area contributed by atoms with E-state index in [1.54, 1.807) is 18.5 Å². The second-order valence-electron chi connectivity index (χ2n) is 3.64. The Bertz CT molecular complexity index is 393. The van der Waals surface area contributed by atoms with Gasteiger partial charge in [0, 0.05) is 11.8 Å². The summed E-state index contributed by atoms with van der Waals surface area (Å²) in [5.74, 6) is 5.98. The third-order valence-corrected chi connectivity index (χ3v) is 1.83. The Morgan fingerprint density at radius 1 is 1.35 bits per heavy atom. The fourth-order valence-corrected chi connectivity index (χ4v) is 1.15. The largest absolute Gasteiger partial charge is 0.490 e. The first-order valence-electron chi connectivity index (χ1n) is 5.51. The first kappa shape index (κ1) is 13.5. The Hall–Kier alpha value is -1.57. The molecule has 0 aliphatic carbocycles. The molecule has 1 heterocycles. The lowest BCUT2D eigenvalue weighted by Crippen LogP contribution is -2.11. The van der Waals surface area contributed by atoms with E-state index in [1.165, 1.54) is 0 Å². The monoisotopic (exact) mass is 235 g/mol. The van der Waals surface area contributed by atoms with Gasteiger partial charge in [0.1, 0.15) is 19.0 Å². The molecule has 1 N–H and O–H groups in total. The van der Waals surface area contributed by atoms with E-state index in [-0.39, 0.29) is 12.7 Å². The van der Waals surface area contributed by atoms with Gasteiger partial charge in [-0.05, 0) is 19.9 Å². The van der Waals surface area contributed by atoms with Crippen molar-refractivity contribution in [3.8, 4) is 17.6 Å². The number of nitrogens with zero attached hydrogens (tertiary/aromatic N) is 1. The van der Waals surface area contributed by atoms with Gasteiger partial charge in [0.05, 0.1) is 18.9 Å². The van der Waals surface area contributed by atoms with E-state index in [0.29, 0.717) is 19.0 Å². The topological polar surface area (TPSA) is 51.6 Å². The van der Waals surface area contributed by atoms with Crippen LogP contribution in [0.15, 0.2) is 18.5 Å². The Balaban J connectivity index is 2.43. The molecular formula is C13H17NO3. The van der Waals surface area contributed by atoms with E-state index in [9.17, 15) is 0 Å². The zero-order valence-electron chi connectivity index (χ0n) is 10.1. The minimum atomic E-state index is -0.159. The van der Waals surface area contributed by atoms with Gasteiger partial charge in [-0.15, -0.1) is 0 Å². The Labute approximate surface area is 102 Å². The summed E-state index contributed by atoms with van der Waals surface area (Å²) in [6.45, 7) is 4.83. The Kier molecular flexibility index (Phi) is 6.08. The van der Waals surface area contributed by atoms with Crippen LogP contribution in [0.3, 0.4) is 0 Å². The number of hydrogen-bond acceptors (Lipinski definition) is 4. The van der Waals surface area contributed by atoms with Crippen LogP contribution in [0.2, 0.25) is 0 Å². The van der Waals surface area contributed by atoms with E-state index >= 15 is 0 Å². The molecule has 0 spiro atoms. The highest BCUT2D eigenvalue weighted by atomic mass is 16.5. The molecule has 1 aromatic heterocycles. The van der Waals surface area contributed by atoms with Gasteiger partial charge >= 0.3 is 0 Å². The summed E-state index contributed by atoms with van der Waals surface area (Å²) in [5, 5.41) is 8.58. The highest BCUT2D eigenvalue weighted by Crippen LogP contribution is 2.10. The summed E-state index contributed by atoms with van der Waals surface area (Å²) in [7, 11) is 0. The number of pyridine rings is 1. The molecule has 0 radical (unpaired) electrons. The van der Waals surface area contributed by atoms with E-state index in [2.05, 4.69) is 16.8 Å². The van der Waals surface area contributed by atoms with Crippen LogP contribution in [0.1, 0.15) is 19.4 Å². The summed E-state index contributed by atoms with van der Waals surface area (Å²) < 4.78 is 10.8. The van der Waals surface area contributed by atoms with Crippen LogP contribution in [0.4, 0.5) is 0 Å². The van der Waals surface area contributed by atoms with Crippen molar-refractivity contribution in [1.29, 1.82) is 0 Å². The van der Waals surface area contributed by atoms with Crippen molar-refractivity contribution in [2.75, 3.05) is 19.8 Å². The van der Waals surface area contributed by atoms with Crippen LogP contribution in [0.5, 0.6) is 5.75 Å². The summed E-state index contributed by atoms with van der Waals surface area (Å²) in [6.07, 6.45) is 3.46. The molecule has 0 amide bonds. The number of aromatic nitrogens is 1. The molecular weight excluding hydrogens is 218 g/mol. The molecule has 1 rings (SSSR count). The SMILES string of the molecule is CC(C)OCCOc1cncc(C#CCO)c1. The third kappa shape index (κ3) is 5.91. The minimum Gasteiger partial charge on any atom is -0.490 e. The van der Waals surface area contributed by atoms with Crippen LogP contribution in [-0.4, -0.2) is 36.0 Å². The van der Waals surface area contributed by atoms with Gasteiger partial charge in [-0.3, -0.25) is 4.98 Å². The second-order valence-corrected chi connectivity index (χ2v) is 3.64. The number of aliphatic hydroxyl groups is 1. The van der Waals surface area contributed by atoms with E-state index < -0.39 is 0 Å². The van der Waals surface area contributed by atoms with Crippen molar-refractivity contribution in [2.24, 2.45) is 0 Å². The maximum atomic E-state index is 8.58. The standard InChI is InChI=1S/C13H17NO3/c1-11(2)16-6-7-17-13-8-12(4-3-5-15)9-14-10-13/h8-11,15H,5-7H2,1-2H3. The van der Waals surface area contributed by atoms with Crippen molar-refractivity contribution in [1.82, 2.24) is 4.98 Å². The van der Waals surface area contributed by atoms with Gasteiger partial charge in [-0.2, -0.15) is 0 Å². The van der Waals surface area contributed by atoms with Crippen LogP contribution in [0, 0.1) is 11.8 Å². The molecule has 0 unspecified atom stereocenters. The minimum absolute atomic E-state index is 0.159. The van der Waals surface area contributed by atoms with Crippen molar-refractivity contribution >= 4 is 0 Å². The molecule has 0 aliphatic rings. The van der Waals surface area contributed by atoms with Crippen molar-refractivity contribution < 1.29 is 14.6 Å². The van der Waals surface area contributed by atoms with Gasteiger partial charge in [-0.1, -0.05) is 11.8 Å². The van der Waals surface area contributed by atoms with Crippen LogP contribution in [0.25, 0.3) is 0 Å². The van der Waals surface area contributed by atoms with Gasteiger partial charge in [-0.25, -0.2) is 0 Å². The molecule has 1 aromatic rings.